The summed E-state index contributed by atoms with van der Waals surface area (Å²) in [6.45, 7) is 33.7. The second-order valence-electron chi connectivity index (χ2n) is 21.9. The molecule has 1 saturated heterocycles. The Morgan fingerprint density at radius 2 is 0.977 bits per heavy atom. The van der Waals surface area contributed by atoms with Crippen LogP contribution in [0.25, 0.3) is 0 Å². The quantitative estimate of drug-likeness (QED) is 0.0264. The molecule has 0 aromatic heterocycles. The maximum Gasteiger partial charge on any atom is 0.306 e. The van der Waals surface area contributed by atoms with E-state index >= 15 is 0 Å². The fraction of sp³-hybridized carbons (Fsp3) is 0.890. The molecule has 0 aromatic carbocycles. The number of hydrogen-bond acceptors (Lipinski definition) is 14. The summed E-state index contributed by atoms with van der Waals surface area (Å²) in [6, 6.07) is 0.0928. The summed E-state index contributed by atoms with van der Waals surface area (Å²) in [4.78, 5) is 62.2. The molecule has 14 nitrogen and oxygen atoms in total. The van der Waals surface area contributed by atoms with Crippen LogP contribution in [0.1, 0.15) is 308 Å². The Morgan fingerprint density at radius 1 is 0.552 bits per heavy atom. The molecule has 0 aliphatic carbocycles. The van der Waals surface area contributed by atoms with Crippen molar-refractivity contribution in [2.75, 3.05) is 88.7 Å². The number of likely N-dealkylation sites (tertiary alicyclic amines) is 1. The Balaban J connectivity index is -0.000000116. The molecule has 87 heavy (non-hydrogen) atoms. The molecule has 1 heterocycles. The van der Waals surface area contributed by atoms with Gasteiger partial charge in [0.1, 0.15) is 32.3 Å². The lowest BCUT2D eigenvalue weighted by atomic mass is 9.99. The van der Waals surface area contributed by atoms with Crippen LogP contribution in [0.3, 0.4) is 0 Å². The van der Waals surface area contributed by atoms with Crippen molar-refractivity contribution in [2.24, 2.45) is 17.8 Å². The third kappa shape index (κ3) is 108. The van der Waals surface area contributed by atoms with Gasteiger partial charge in [0.2, 0.25) is 0 Å². The van der Waals surface area contributed by atoms with E-state index < -0.39 is 0 Å². The van der Waals surface area contributed by atoms with Crippen LogP contribution in [0.15, 0.2) is 12.2 Å². The van der Waals surface area contributed by atoms with Crippen LogP contribution in [0, 0.1) is 17.8 Å². The highest BCUT2D eigenvalue weighted by atomic mass is 16.5. The fourth-order valence-electron chi connectivity index (χ4n) is 8.33. The van der Waals surface area contributed by atoms with E-state index in [1.165, 1.54) is 186 Å². The van der Waals surface area contributed by atoms with E-state index in [-0.39, 0.29) is 23.8 Å². The third-order valence-corrected chi connectivity index (χ3v) is 14.3. The fourth-order valence-corrected chi connectivity index (χ4v) is 8.33. The van der Waals surface area contributed by atoms with Crippen molar-refractivity contribution in [1.82, 2.24) is 10.2 Å². The molecule has 0 aromatic rings. The Kier molecular flexibility index (Phi) is 124. The summed E-state index contributed by atoms with van der Waals surface area (Å²) in [7, 11) is 10.9. The molecule has 4 atom stereocenters. The van der Waals surface area contributed by atoms with E-state index in [1.54, 1.807) is 28.4 Å². The zero-order chi connectivity index (χ0) is 67.9. The molecule has 0 bridgehead atoms. The largest absolute Gasteiger partial charge is 0.466 e. The minimum atomic E-state index is -0.155. The van der Waals surface area contributed by atoms with Crippen molar-refractivity contribution in [3.05, 3.63) is 12.2 Å². The number of carbonyl (C=O) groups excluding carboxylic acids is 6. The Hall–Kier alpha value is -2.88. The van der Waals surface area contributed by atoms with Gasteiger partial charge in [0, 0.05) is 73.9 Å². The second kappa shape index (κ2) is 105. The van der Waals surface area contributed by atoms with E-state index in [0.29, 0.717) is 58.1 Å². The molecule has 14 heteroatoms. The van der Waals surface area contributed by atoms with Crippen molar-refractivity contribution in [2.45, 2.75) is 320 Å². The first-order valence-electron chi connectivity index (χ1n) is 35.2. The average molecular weight is 1250 g/mol. The lowest BCUT2D eigenvalue weighted by Gasteiger charge is -2.12. The molecule has 1 aliphatic heterocycles. The number of aldehydes is 3. The van der Waals surface area contributed by atoms with Gasteiger partial charge >= 0.3 is 5.97 Å². The normalized spacial score (nSPS) is 13.1. The molecule has 526 valence electrons. The topological polar surface area (TPSA) is 173 Å². The van der Waals surface area contributed by atoms with Crippen molar-refractivity contribution in [3.8, 4) is 0 Å². The van der Waals surface area contributed by atoms with Gasteiger partial charge in [-0.15, -0.1) is 0 Å². The van der Waals surface area contributed by atoms with Crippen molar-refractivity contribution in [1.29, 1.82) is 0 Å². The summed E-state index contributed by atoms with van der Waals surface area (Å²) in [5.41, 5.74) is 0. The van der Waals surface area contributed by atoms with E-state index in [4.69, 9.17) is 28.5 Å². The molecule has 0 saturated carbocycles. The van der Waals surface area contributed by atoms with Gasteiger partial charge in [-0.1, -0.05) is 242 Å². The third-order valence-electron chi connectivity index (χ3n) is 14.3. The van der Waals surface area contributed by atoms with Crippen LogP contribution in [-0.2, 0) is 57.2 Å². The van der Waals surface area contributed by atoms with Gasteiger partial charge in [-0.3, -0.25) is 9.59 Å². The molecule has 4 unspecified atom stereocenters. The van der Waals surface area contributed by atoms with Crippen molar-refractivity contribution >= 4 is 38.1 Å². The maximum atomic E-state index is 11.5. The summed E-state index contributed by atoms with van der Waals surface area (Å²) in [6.07, 6.45) is 49.1. The minimum Gasteiger partial charge on any atom is -0.466 e. The van der Waals surface area contributed by atoms with E-state index in [9.17, 15) is 24.0 Å². The predicted molar refractivity (Wildman–Crippen MR) is 374 cm³/mol. The van der Waals surface area contributed by atoms with Gasteiger partial charge in [-0.2, -0.15) is 0 Å². The summed E-state index contributed by atoms with van der Waals surface area (Å²) in [5.74, 6) is 1.16. The average Bonchev–Trinajstić information content (AvgIpc) is 3.81. The zero-order valence-electron chi connectivity index (χ0n) is 61.1. The number of unbranched alkanes of at least 4 members (excludes halogenated alkanes) is 20. The Morgan fingerprint density at radius 3 is 1.34 bits per heavy atom. The predicted octanol–water partition coefficient (Wildman–Crippen LogP) is 18.8. The smallest absolute Gasteiger partial charge is 0.306 e. The van der Waals surface area contributed by atoms with Crippen LogP contribution in [-0.4, -0.2) is 144 Å². The van der Waals surface area contributed by atoms with E-state index in [1.807, 2.05) is 67.6 Å². The number of hydrogen-bond donors (Lipinski definition) is 1. The maximum absolute atomic E-state index is 11.5. The van der Waals surface area contributed by atoms with Crippen molar-refractivity contribution < 1.29 is 57.2 Å². The second-order valence-corrected chi connectivity index (χ2v) is 21.9. The summed E-state index contributed by atoms with van der Waals surface area (Å²) >= 11 is 0. The van der Waals surface area contributed by atoms with Gasteiger partial charge in [0.15, 0.2) is 0 Å². The molecular weight excluding hydrogens is 1100 g/mol. The molecule has 1 rings (SSSR count). The van der Waals surface area contributed by atoms with E-state index in [0.717, 1.165) is 63.7 Å². The molecule has 1 N–H and O–H groups in total. The van der Waals surface area contributed by atoms with Crippen molar-refractivity contribution in [3.63, 3.8) is 0 Å². The molecule has 0 amide bonds. The van der Waals surface area contributed by atoms with Crippen LogP contribution in [0.5, 0.6) is 0 Å². The lowest BCUT2D eigenvalue weighted by molar-refractivity contribution is -0.145. The van der Waals surface area contributed by atoms with Gasteiger partial charge in [0.25, 0.3) is 6.47 Å². The van der Waals surface area contributed by atoms with Crippen LogP contribution in [0.4, 0.5) is 0 Å². The summed E-state index contributed by atoms with van der Waals surface area (Å²) in [5, 5.41) is 2.93. The van der Waals surface area contributed by atoms with E-state index in [2.05, 4.69) is 63.5 Å². The van der Waals surface area contributed by atoms with Gasteiger partial charge in [-0.25, -0.2) is 0 Å². The number of allylic oxidation sites excluding steroid dienone is 2. The van der Waals surface area contributed by atoms with Gasteiger partial charge < -0.3 is 57.8 Å². The first-order chi connectivity index (χ1) is 42.4. The number of likely N-dealkylation sites (N-methyl/N-ethyl adjacent to an activating group) is 1. The first-order valence-corrected chi connectivity index (χ1v) is 35.2. The molecule has 1 aliphatic rings. The van der Waals surface area contributed by atoms with Crippen LogP contribution in [0.2, 0.25) is 0 Å². The van der Waals surface area contributed by atoms with Crippen LogP contribution >= 0.6 is 0 Å². The number of esters is 1. The standard InChI is InChI=1S/C15H28O3.C12H26.C9H14O2.2C9H20O.C8H17NO.C6H13NO3.2C2H6.CH2O/c1-3-5-6-7-8-9-12-18-15(17)13-14(4-2)10-11-16;1-4-6-7-8-9-10-11-12(3)5-2;1-2-3-4-9(5-7-10)6-8-11;2*1-3-4-5-6-7-8-9-10-2;1-9-6-3-4-8(10-2)5-7-9;1-7-6(3-9-2)4-10-5-8;3*1-2/h11,14H,3-10,12-13H2,1-2H3;12H,4-11H2,1-3H3;2-3,7-9H,4-6H2,1H3;2*3-9H2,1-2H3;8H,3-7H2,1-2H3;5-7H,3-4H2,1-2H3;2*1-2H3;1H2/b;;3-2+;;;;;;;. The highest BCUT2D eigenvalue weighted by molar-refractivity contribution is 5.70. The highest BCUT2D eigenvalue weighted by Gasteiger charge is 2.14. The molecular formula is C73H152N2O12. The minimum absolute atomic E-state index is 0.0928. The Labute approximate surface area is 541 Å². The van der Waals surface area contributed by atoms with Crippen LogP contribution < -0.4 is 5.32 Å². The zero-order valence-corrected chi connectivity index (χ0v) is 61.1. The SMILES string of the molecule is C/C=C/CC(CC=O)CC=O.C=O.CC.CC.CCCCCCCCC(C)CC.CCCCCCCCOC.CCCCCCCCOC.CCCCCCCCOC(=O)CC(CC)CC=O.CNC(COC)COC=O.COC1CCCN(C)CC1. The number of rotatable bonds is 47. The number of ether oxygens (including phenoxy) is 6. The number of nitrogens with zero attached hydrogens (tertiary/aromatic N) is 1. The molecule has 0 radical (unpaired) electrons. The Bertz CT molecular complexity index is 1190. The lowest BCUT2D eigenvalue weighted by Crippen LogP contribution is -2.34. The van der Waals surface area contributed by atoms with Gasteiger partial charge in [-0.05, 0) is 90.3 Å². The molecule has 0 spiro atoms. The number of carbonyl (C=O) groups is 6. The summed E-state index contributed by atoms with van der Waals surface area (Å²) < 4.78 is 29.7. The molecule has 1 fully saturated rings. The monoisotopic (exact) mass is 1250 g/mol. The first kappa shape index (κ1) is 103. The highest BCUT2D eigenvalue weighted by Crippen LogP contribution is 2.16. The van der Waals surface area contributed by atoms with Gasteiger partial charge in [0.05, 0.1) is 25.4 Å². The number of methoxy groups -OCH3 is 4. The number of nitrogens with one attached hydrogen (secondary N) is 1.